The third-order valence-corrected chi connectivity index (χ3v) is 6.75. The molecule has 0 spiro atoms. The zero-order chi connectivity index (χ0) is 22.9. The van der Waals surface area contributed by atoms with Gasteiger partial charge < -0.3 is 27.0 Å². The number of carbonyl (C=O) groups excluding carboxylic acids is 2. The number of likely N-dealkylation sites (tertiary alicyclic amines) is 1. The lowest BCUT2D eigenvalue weighted by Gasteiger charge is -2.33. The second-order valence-corrected chi connectivity index (χ2v) is 9.25. The van der Waals surface area contributed by atoms with Crippen LogP contribution < -0.4 is 22.1 Å². The Labute approximate surface area is 191 Å². The Hall–Kier alpha value is -2.61. The molecule has 1 aliphatic heterocycles. The molecule has 176 valence electrons. The maximum Gasteiger partial charge on any atom is 0.243 e. The Morgan fingerprint density at radius 3 is 2.31 bits per heavy atom. The van der Waals surface area contributed by atoms with Crippen molar-refractivity contribution < 1.29 is 9.59 Å². The van der Waals surface area contributed by atoms with Gasteiger partial charge >= 0.3 is 0 Å². The van der Waals surface area contributed by atoms with Crippen molar-refractivity contribution in [3.05, 3.63) is 35.9 Å². The van der Waals surface area contributed by atoms with E-state index >= 15 is 0 Å². The first kappa shape index (κ1) is 24.0. The molecule has 1 heterocycles. The maximum absolute atomic E-state index is 13.1. The second kappa shape index (κ2) is 11.9. The molecule has 2 amide bonds. The largest absolute Gasteiger partial charge is 0.370 e. The molecule has 1 unspecified atom stereocenters. The van der Waals surface area contributed by atoms with Crippen LogP contribution in [0.15, 0.2) is 30.3 Å². The zero-order valence-corrected chi connectivity index (χ0v) is 18.9. The summed E-state index contributed by atoms with van der Waals surface area (Å²) in [6.07, 6.45) is 8.48. The summed E-state index contributed by atoms with van der Waals surface area (Å²) in [5, 5.41) is 13.6. The SMILES string of the molecule is N=C(N)N1CCC(NC(=O)[C@@H](Cc2ccccc2)NC(=O)C(N)CC2CCCCC2)CC1. The highest BCUT2D eigenvalue weighted by Crippen LogP contribution is 2.27. The van der Waals surface area contributed by atoms with E-state index in [1.165, 1.54) is 19.3 Å². The van der Waals surface area contributed by atoms with E-state index in [1.54, 1.807) is 4.90 Å². The molecule has 1 aromatic carbocycles. The Morgan fingerprint density at radius 1 is 1.03 bits per heavy atom. The lowest BCUT2D eigenvalue weighted by atomic mass is 9.85. The minimum atomic E-state index is -0.673. The number of amides is 2. The average Bonchev–Trinajstić information content (AvgIpc) is 2.80. The van der Waals surface area contributed by atoms with Gasteiger partial charge in [0.2, 0.25) is 11.8 Å². The number of rotatable bonds is 8. The van der Waals surface area contributed by atoms with Crippen molar-refractivity contribution in [1.29, 1.82) is 5.41 Å². The van der Waals surface area contributed by atoms with Gasteiger partial charge in [-0.05, 0) is 30.7 Å². The third kappa shape index (κ3) is 7.22. The molecular weight excluding hydrogens is 404 g/mol. The van der Waals surface area contributed by atoms with E-state index in [0.717, 1.165) is 31.2 Å². The van der Waals surface area contributed by atoms with Crippen molar-refractivity contribution in [1.82, 2.24) is 15.5 Å². The van der Waals surface area contributed by atoms with E-state index in [0.29, 0.717) is 31.8 Å². The highest BCUT2D eigenvalue weighted by atomic mass is 16.2. The predicted molar refractivity (Wildman–Crippen MR) is 126 cm³/mol. The monoisotopic (exact) mass is 442 g/mol. The molecule has 1 saturated heterocycles. The molecule has 3 rings (SSSR count). The minimum absolute atomic E-state index is 0.00388. The summed E-state index contributed by atoms with van der Waals surface area (Å²) in [6, 6.07) is 8.44. The predicted octanol–water partition coefficient (Wildman–Crippen LogP) is 1.49. The number of piperidine rings is 1. The number of nitrogens with zero attached hydrogens (tertiary/aromatic N) is 1. The topological polar surface area (TPSA) is 137 Å². The number of hydrogen-bond donors (Lipinski definition) is 5. The van der Waals surface area contributed by atoms with Crippen LogP contribution in [0.25, 0.3) is 0 Å². The molecule has 7 N–H and O–H groups in total. The Kier molecular flexibility index (Phi) is 8.90. The molecule has 2 fully saturated rings. The van der Waals surface area contributed by atoms with Crippen LogP contribution in [0, 0.1) is 11.3 Å². The van der Waals surface area contributed by atoms with Gasteiger partial charge in [-0.25, -0.2) is 0 Å². The molecule has 1 aliphatic carbocycles. The summed E-state index contributed by atoms with van der Waals surface area (Å²) in [5.41, 5.74) is 12.8. The third-order valence-electron chi connectivity index (χ3n) is 6.75. The van der Waals surface area contributed by atoms with Gasteiger partial charge in [0.15, 0.2) is 5.96 Å². The van der Waals surface area contributed by atoms with Crippen molar-refractivity contribution in [2.45, 2.75) is 75.9 Å². The standard InChI is InChI=1S/C24H38N6O2/c25-20(15-17-7-3-1-4-8-17)22(31)29-21(16-18-9-5-2-6-10-18)23(32)28-19-11-13-30(14-12-19)24(26)27/h2,5-6,9-10,17,19-21H,1,3-4,7-8,11-16,25H2,(H3,26,27)(H,28,32)(H,29,31)/t20?,21-/m1/s1. The van der Waals surface area contributed by atoms with Crippen molar-refractivity contribution >= 4 is 17.8 Å². The van der Waals surface area contributed by atoms with Gasteiger partial charge in [0.1, 0.15) is 6.04 Å². The van der Waals surface area contributed by atoms with Gasteiger partial charge in [-0.15, -0.1) is 0 Å². The molecule has 1 saturated carbocycles. The van der Waals surface area contributed by atoms with Gasteiger partial charge in [0, 0.05) is 25.6 Å². The van der Waals surface area contributed by atoms with Crippen LogP contribution in [0.4, 0.5) is 0 Å². The molecule has 32 heavy (non-hydrogen) atoms. The van der Waals surface area contributed by atoms with E-state index in [4.69, 9.17) is 16.9 Å². The van der Waals surface area contributed by atoms with Crippen LogP contribution in [-0.2, 0) is 16.0 Å². The van der Waals surface area contributed by atoms with Gasteiger partial charge in [-0.1, -0.05) is 62.4 Å². The average molecular weight is 443 g/mol. The van der Waals surface area contributed by atoms with E-state index in [1.807, 2.05) is 30.3 Å². The lowest BCUT2D eigenvalue weighted by Crippen LogP contribution is -2.56. The smallest absolute Gasteiger partial charge is 0.243 e. The normalized spacial score (nSPS) is 19.7. The lowest BCUT2D eigenvalue weighted by molar-refractivity contribution is -0.130. The van der Waals surface area contributed by atoms with Gasteiger partial charge in [0.25, 0.3) is 0 Å². The first-order chi connectivity index (χ1) is 15.4. The van der Waals surface area contributed by atoms with Crippen LogP contribution in [0.2, 0.25) is 0 Å². The fourth-order valence-electron chi connectivity index (χ4n) is 4.79. The Morgan fingerprint density at radius 2 is 1.69 bits per heavy atom. The first-order valence-corrected chi connectivity index (χ1v) is 11.9. The molecule has 8 heteroatoms. The van der Waals surface area contributed by atoms with Gasteiger partial charge in [-0.2, -0.15) is 0 Å². The molecule has 2 atom stereocenters. The maximum atomic E-state index is 13.1. The van der Waals surface area contributed by atoms with Crippen molar-refractivity contribution in [2.24, 2.45) is 17.4 Å². The zero-order valence-electron chi connectivity index (χ0n) is 18.9. The number of benzene rings is 1. The summed E-state index contributed by atoms with van der Waals surface area (Å²) in [7, 11) is 0. The Balaban J connectivity index is 1.59. The molecule has 1 aromatic rings. The molecule has 0 aromatic heterocycles. The highest BCUT2D eigenvalue weighted by Gasteiger charge is 2.29. The van der Waals surface area contributed by atoms with E-state index in [-0.39, 0.29) is 23.8 Å². The van der Waals surface area contributed by atoms with Gasteiger partial charge in [-0.3, -0.25) is 15.0 Å². The fraction of sp³-hybridized carbons (Fsp3) is 0.625. The summed E-state index contributed by atoms with van der Waals surface area (Å²) in [6.45, 7) is 1.28. The fourth-order valence-corrected chi connectivity index (χ4v) is 4.79. The number of guanidine groups is 1. The van der Waals surface area contributed by atoms with E-state index in [9.17, 15) is 9.59 Å². The van der Waals surface area contributed by atoms with Crippen LogP contribution in [0.3, 0.4) is 0 Å². The summed E-state index contributed by atoms with van der Waals surface area (Å²) in [4.78, 5) is 27.8. The van der Waals surface area contributed by atoms with Crippen molar-refractivity contribution in [2.75, 3.05) is 13.1 Å². The summed E-state index contributed by atoms with van der Waals surface area (Å²) in [5.74, 6) is 0.125. The van der Waals surface area contributed by atoms with Crippen LogP contribution in [0.5, 0.6) is 0 Å². The van der Waals surface area contributed by atoms with E-state index in [2.05, 4.69) is 10.6 Å². The summed E-state index contributed by atoms with van der Waals surface area (Å²) < 4.78 is 0. The first-order valence-electron chi connectivity index (χ1n) is 11.9. The summed E-state index contributed by atoms with van der Waals surface area (Å²) >= 11 is 0. The van der Waals surface area contributed by atoms with Crippen molar-refractivity contribution in [3.8, 4) is 0 Å². The number of carbonyl (C=O) groups is 2. The number of nitrogens with two attached hydrogens (primary N) is 2. The van der Waals surface area contributed by atoms with Crippen LogP contribution >= 0.6 is 0 Å². The second-order valence-electron chi connectivity index (χ2n) is 9.25. The minimum Gasteiger partial charge on any atom is -0.370 e. The number of nitrogens with one attached hydrogen (secondary N) is 3. The highest BCUT2D eigenvalue weighted by molar-refractivity contribution is 5.90. The van der Waals surface area contributed by atoms with Crippen LogP contribution in [-0.4, -0.2) is 53.9 Å². The van der Waals surface area contributed by atoms with E-state index < -0.39 is 12.1 Å². The number of hydrogen-bond acceptors (Lipinski definition) is 4. The molecular formula is C24H38N6O2. The molecule has 0 radical (unpaired) electrons. The van der Waals surface area contributed by atoms with Gasteiger partial charge in [0.05, 0.1) is 6.04 Å². The molecule has 0 bridgehead atoms. The molecule has 8 nitrogen and oxygen atoms in total. The van der Waals surface area contributed by atoms with Crippen LogP contribution in [0.1, 0.15) is 56.9 Å². The Bertz CT molecular complexity index is 757. The van der Waals surface area contributed by atoms with Crippen molar-refractivity contribution in [3.63, 3.8) is 0 Å². The quantitative estimate of drug-likeness (QED) is 0.307. The molecule has 2 aliphatic rings.